The summed E-state index contributed by atoms with van der Waals surface area (Å²) >= 11 is 0. The maximum Gasteiger partial charge on any atom is 0.248 e. The number of ether oxygens (including phenoxy) is 3. The van der Waals surface area contributed by atoms with Crippen molar-refractivity contribution in [3.05, 3.63) is 60.4 Å². The molecule has 2 aromatic heterocycles. The fourth-order valence-corrected chi connectivity index (χ4v) is 3.46. The number of amides is 1. The molecule has 0 saturated heterocycles. The first-order chi connectivity index (χ1) is 14.5. The maximum atomic E-state index is 11.3. The summed E-state index contributed by atoms with van der Waals surface area (Å²) in [4.78, 5) is 19.1. The van der Waals surface area contributed by atoms with Crippen LogP contribution in [0.25, 0.3) is 33.3 Å². The van der Waals surface area contributed by atoms with Gasteiger partial charge >= 0.3 is 0 Å². The molecule has 152 valence electrons. The number of hydrogen-bond acceptors (Lipinski definition) is 5. The molecule has 30 heavy (non-hydrogen) atoms. The van der Waals surface area contributed by atoms with Crippen LogP contribution in [-0.4, -0.2) is 37.2 Å². The predicted octanol–water partition coefficient (Wildman–Crippen LogP) is 4.02. The zero-order valence-electron chi connectivity index (χ0n) is 16.9. The van der Waals surface area contributed by atoms with Crippen molar-refractivity contribution in [1.29, 1.82) is 0 Å². The fraction of sp³-hybridized carbons (Fsp3) is 0.130. The number of hydrogen-bond donors (Lipinski definition) is 2. The Morgan fingerprint density at radius 1 is 0.900 bits per heavy atom. The quantitative estimate of drug-likeness (QED) is 0.506. The number of benzene rings is 2. The van der Waals surface area contributed by atoms with Crippen molar-refractivity contribution in [1.82, 2.24) is 9.97 Å². The Labute approximate surface area is 173 Å². The molecule has 0 fully saturated rings. The Bertz CT molecular complexity index is 1200. The van der Waals surface area contributed by atoms with Crippen LogP contribution in [0.2, 0.25) is 0 Å². The average Bonchev–Trinajstić information content (AvgIpc) is 3.21. The Kier molecular flexibility index (Phi) is 5.02. The number of nitrogens with zero attached hydrogens (tertiary/aromatic N) is 1. The molecule has 7 heteroatoms. The lowest BCUT2D eigenvalue weighted by atomic mass is 10.0. The van der Waals surface area contributed by atoms with Gasteiger partial charge in [-0.25, -0.2) is 4.98 Å². The highest BCUT2D eigenvalue weighted by Gasteiger charge is 2.16. The number of methoxy groups -OCH3 is 3. The van der Waals surface area contributed by atoms with Gasteiger partial charge in [0.05, 0.1) is 21.3 Å². The summed E-state index contributed by atoms with van der Waals surface area (Å²) in [7, 11) is 4.74. The SMILES string of the molecule is COc1cc(-c2cnc3[nH]cc(-c4ccc(C(N)=O)cc4)c3c2)cc(OC)c1OC. The van der Waals surface area contributed by atoms with Crippen molar-refractivity contribution in [2.24, 2.45) is 5.73 Å². The lowest BCUT2D eigenvalue weighted by Crippen LogP contribution is -2.10. The van der Waals surface area contributed by atoms with Gasteiger partial charge in [0.1, 0.15) is 5.65 Å². The summed E-state index contributed by atoms with van der Waals surface area (Å²) in [5.41, 5.74) is 10.3. The number of nitrogens with one attached hydrogen (secondary N) is 1. The molecule has 2 heterocycles. The van der Waals surface area contributed by atoms with Crippen molar-refractivity contribution >= 4 is 16.9 Å². The van der Waals surface area contributed by atoms with E-state index in [0.29, 0.717) is 22.8 Å². The third-order valence-corrected chi connectivity index (χ3v) is 5.01. The number of aromatic amines is 1. The molecule has 0 radical (unpaired) electrons. The van der Waals surface area contributed by atoms with Crippen LogP contribution in [0.3, 0.4) is 0 Å². The number of H-pyrrole nitrogens is 1. The first kappa shape index (κ1) is 19.3. The molecule has 0 aliphatic carbocycles. The van der Waals surface area contributed by atoms with Gasteiger partial charge in [-0.2, -0.15) is 0 Å². The third kappa shape index (κ3) is 3.30. The highest BCUT2D eigenvalue weighted by atomic mass is 16.5. The Hall–Kier alpha value is -4.00. The van der Waals surface area contributed by atoms with Crippen molar-refractivity contribution in [2.45, 2.75) is 0 Å². The molecule has 1 amide bonds. The minimum atomic E-state index is -0.452. The van der Waals surface area contributed by atoms with E-state index in [0.717, 1.165) is 33.3 Å². The van der Waals surface area contributed by atoms with Crippen LogP contribution in [0.5, 0.6) is 17.2 Å². The van der Waals surface area contributed by atoms with Gasteiger partial charge in [0.15, 0.2) is 11.5 Å². The first-order valence-electron chi connectivity index (χ1n) is 9.23. The summed E-state index contributed by atoms with van der Waals surface area (Å²) < 4.78 is 16.3. The standard InChI is InChI=1S/C23H21N3O4/c1-28-19-9-15(10-20(29-2)21(19)30-3)16-8-17-18(12-26-23(17)25-11-16)13-4-6-14(7-5-13)22(24)27/h4-12H,1-3H3,(H2,24,27)(H,25,26). The lowest BCUT2D eigenvalue weighted by molar-refractivity contribution is 0.100. The molecule has 0 aliphatic heterocycles. The number of aromatic nitrogens is 2. The van der Waals surface area contributed by atoms with Crippen LogP contribution >= 0.6 is 0 Å². The molecule has 3 N–H and O–H groups in total. The van der Waals surface area contributed by atoms with Crippen LogP contribution in [0.1, 0.15) is 10.4 Å². The molecular formula is C23H21N3O4. The van der Waals surface area contributed by atoms with E-state index in [1.54, 1.807) is 39.7 Å². The molecular weight excluding hydrogens is 382 g/mol. The van der Waals surface area contributed by atoms with E-state index < -0.39 is 5.91 Å². The molecule has 2 aromatic carbocycles. The number of nitrogens with two attached hydrogens (primary N) is 1. The highest BCUT2D eigenvalue weighted by Crippen LogP contribution is 2.41. The summed E-state index contributed by atoms with van der Waals surface area (Å²) in [5, 5.41) is 0.952. The maximum absolute atomic E-state index is 11.3. The van der Waals surface area contributed by atoms with Crippen LogP contribution in [0.15, 0.2) is 54.9 Å². The monoisotopic (exact) mass is 403 g/mol. The fourth-order valence-electron chi connectivity index (χ4n) is 3.46. The zero-order chi connectivity index (χ0) is 21.3. The summed E-state index contributed by atoms with van der Waals surface area (Å²) in [6.07, 6.45) is 3.69. The minimum Gasteiger partial charge on any atom is -0.493 e. The van der Waals surface area contributed by atoms with Crippen molar-refractivity contribution in [3.63, 3.8) is 0 Å². The van der Waals surface area contributed by atoms with E-state index >= 15 is 0 Å². The Morgan fingerprint density at radius 3 is 2.13 bits per heavy atom. The van der Waals surface area contributed by atoms with Crippen molar-refractivity contribution in [2.75, 3.05) is 21.3 Å². The Balaban J connectivity index is 1.83. The van der Waals surface area contributed by atoms with Crippen LogP contribution < -0.4 is 19.9 Å². The largest absolute Gasteiger partial charge is 0.493 e. The summed E-state index contributed by atoms with van der Waals surface area (Å²) in [6.45, 7) is 0. The molecule has 0 aliphatic rings. The van der Waals surface area contributed by atoms with Gasteiger partial charge in [-0.3, -0.25) is 4.79 Å². The molecule has 0 bridgehead atoms. The second-order valence-electron chi connectivity index (χ2n) is 6.68. The van der Waals surface area contributed by atoms with Crippen LogP contribution in [0.4, 0.5) is 0 Å². The summed E-state index contributed by atoms with van der Waals surface area (Å²) in [5.74, 6) is 1.23. The van der Waals surface area contributed by atoms with Crippen LogP contribution in [-0.2, 0) is 0 Å². The molecule has 0 unspecified atom stereocenters. The van der Waals surface area contributed by atoms with Gasteiger partial charge in [-0.1, -0.05) is 12.1 Å². The van der Waals surface area contributed by atoms with Gasteiger partial charge < -0.3 is 24.9 Å². The van der Waals surface area contributed by atoms with E-state index in [2.05, 4.69) is 16.0 Å². The van der Waals surface area contributed by atoms with Gasteiger partial charge in [-0.15, -0.1) is 0 Å². The van der Waals surface area contributed by atoms with Gasteiger partial charge in [0.25, 0.3) is 0 Å². The molecule has 4 aromatic rings. The summed E-state index contributed by atoms with van der Waals surface area (Å²) in [6, 6.07) is 13.0. The van der Waals surface area contributed by atoms with Gasteiger partial charge in [-0.05, 0) is 41.5 Å². The van der Waals surface area contributed by atoms with Gasteiger partial charge in [0.2, 0.25) is 11.7 Å². The second kappa shape index (κ2) is 7.79. The number of carbonyl (C=O) groups excluding carboxylic acids is 1. The van der Waals surface area contributed by atoms with Crippen molar-refractivity contribution in [3.8, 4) is 39.5 Å². The normalized spacial score (nSPS) is 10.8. The topological polar surface area (TPSA) is 99.5 Å². The average molecular weight is 403 g/mol. The van der Waals surface area contributed by atoms with E-state index in [1.807, 2.05) is 30.5 Å². The smallest absolute Gasteiger partial charge is 0.248 e. The molecule has 0 atom stereocenters. The minimum absolute atomic E-state index is 0.452. The van der Waals surface area contributed by atoms with Crippen molar-refractivity contribution < 1.29 is 19.0 Å². The van der Waals surface area contributed by atoms with Gasteiger partial charge in [0, 0.05) is 34.5 Å². The zero-order valence-corrected chi connectivity index (χ0v) is 16.9. The highest BCUT2D eigenvalue weighted by molar-refractivity contribution is 5.97. The Morgan fingerprint density at radius 2 is 1.57 bits per heavy atom. The number of fused-ring (bicyclic) bond motifs is 1. The third-order valence-electron chi connectivity index (χ3n) is 5.01. The van der Waals surface area contributed by atoms with E-state index in [9.17, 15) is 4.79 Å². The van der Waals surface area contributed by atoms with E-state index in [1.165, 1.54) is 0 Å². The number of carbonyl (C=O) groups is 1. The molecule has 0 saturated carbocycles. The number of rotatable bonds is 6. The predicted molar refractivity (Wildman–Crippen MR) is 115 cm³/mol. The van der Waals surface area contributed by atoms with E-state index in [-0.39, 0.29) is 0 Å². The lowest BCUT2D eigenvalue weighted by Gasteiger charge is -2.14. The first-order valence-corrected chi connectivity index (χ1v) is 9.23. The molecule has 4 rings (SSSR count). The molecule has 7 nitrogen and oxygen atoms in total. The number of pyridine rings is 1. The molecule has 0 spiro atoms. The number of primary amides is 1. The second-order valence-corrected chi connectivity index (χ2v) is 6.68. The van der Waals surface area contributed by atoms with Crippen LogP contribution in [0, 0.1) is 0 Å². The van der Waals surface area contributed by atoms with E-state index in [4.69, 9.17) is 19.9 Å².